The van der Waals surface area contributed by atoms with Crippen LogP contribution in [0.5, 0.6) is 0 Å². The van der Waals surface area contributed by atoms with Gasteiger partial charge in [-0.25, -0.2) is 9.59 Å². The third-order valence-corrected chi connectivity index (χ3v) is 4.92. The lowest BCUT2D eigenvalue weighted by molar-refractivity contribution is -0.167. The molecule has 11 heteroatoms. The molecule has 5 N–H and O–H groups in total. The van der Waals surface area contributed by atoms with Crippen LogP contribution in [0, 0.1) is 0 Å². The zero-order valence-corrected chi connectivity index (χ0v) is 15.2. The van der Waals surface area contributed by atoms with Crippen molar-refractivity contribution in [3.63, 3.8) is 0 Å². The Morgan fingerprint density at radius 3 is 1.89 bits per heavy atom. The van der Waals surface area contributed by atoms with Crippen molar-refractivity contribution < 1.29 is 49.3 Å². The predicted molar refractivity (Wildman–Crippen MR) is 88.5 cm³/mol. The van der Waals surface area contributed by atoms with Crippen molar-refractivity contribution in [1.82, 2.24) is 0 Å². The highest BCUT2D eigenvalue weighted by molar-refractivity contribution is 6.26. The molecular weight excluding hydrogens is 388 g/mol. The summed E-state index contributed by atoms with van der Waals surface area (Å²) in [6, 6.07) is 0. The molecule has 27 heavy (non-hydrogen) atoms. The minimum Gasteiger partial charge on any atom is -0.466 e. The molecule has 0 aromatic heterocycles. The van der Waals surface area contributed by atoms with Gasteiger partial charge in [-0.15, -0.1) is 11.6 Å². The third-order valence-electron chi connectivity index (χ3n) is 4.44. The predicted octanol–water partition coefficient (Wildman–Crippen LogP) is -2.62. The first kappa shape index (κ1) is 21.8. The van der Waals surface area contributed by atoms with Crippen LogP contribution in [0.4, 0.5) is 0 Å². The van der Waals surface area contributed by atoms with Gasteiger partial charge in [0.25, 0.3) is 0 Å². The van der Waals surface area contributed by atoms with Crippen molar-refractivity contribution in [2.75, 3.05) is 14.2 Å². The molecule has 0 aromatic carbocycles. The monoisotopic (exact) mass is 408 g/mol. The van der Waals surface area contributed by atoms with E-state index in [1.54, 1.807) is 0 Å². The lowest BCUT2D eigenvalue weighted by Gasteiger charge is -2.40. The summed E-state index contributed by atoms with van der Waals surface area (Å²) in [5.41, 5.74) is -0.501. The maximum Gasteiger partial charge on any atom is 0.336 e. The van der Waals surface area contributed by atoms with Crippen LogP contribution in [-0.4, -0.2) is 99.8 Å². The standard InChI is InChI=1S/C16H21ClO10/c1-25-15(23)5-3-8(19)11(21)14(9(5)17)27-13-6(16(24)26-2)4-7(18)10(20)12(13)22/h3-4,7-14,18-22H,1-2H3/t7-,8-,9-,10-,11-,12-,13+,14+/m1/s1. The number of rotatable bonds is 4. The molecule has 0 aliphatic heterocycles. The molecule has 2 rings (SSSR count). The van der Waals surface area contributed by atoms with Crippen LogP contribution < -0.4 is 0 Å². The van der Waals surface area contributed by atoms with E-state index in [0.717, 1.165) is 26.4 Å². The van der Waals surface area contributed by atoms with E-state index >= 15 is 0 Å². The van der Waals surface area contributed by atoms with E-state index in [2.05, 4.69) is 9.47 Å². The number of methoxy groups -OCH3 is 2. The molecule has 0 saturated heterocycles. The van der Waals surface area contributed by atoms with E-state index in [9.17, 15) is 35.1 Å². The molecule has 0 amide bonds. The second kappa shape index (κ2) is 8.65. The minimum atomic E-state index is -1.78. The van der Waals surface area contributed by atoms with Gasteiger partial charge in [-0.05, 0) is 12.2 Å². The highest BCUT2D eigenvalue weighted by atomic mass is 35.5. The normalized spacial score (nSPS) is 39.3. The van der Waals surface area contributed by atoms with Crippen LogP contribution in [0.15, 0.2) is 23.3 Å². The van der Waals surface area contributed by atoms with E-state index < -0.39 is 60.0 Å². The summed E-state index contributed by atoms with van der Waals surface area (Å²) < 4.78 is 14.7. The van der Waals surface area contributed by atoms with Crippen molar-refractivity contribution in [2.45, 2.75) is 48.1 Å². The number of hydrogen-bond acceptors (Lipinski definition) is 10. The Balaban J connectivity index is 2.36. The summed E-state index contributed by atoms with van der Waals surface area (Å²) in [6.45, 7) is 0. The van der Waals surface area contributed by atoms with Gasteiger partial charge < -0.3 is 39.7 Å². The first-order chi connectivity index (χ1) is 12.6. The molecule has 0 fully saturated rings. The van der Waals surface area contributed by atoms with E-state index in [-0.39, 0.29) is 11.1 Å². The number of alkyl halides is 1. The number of halogens is 1. The molecule has 0 unspecified atom stereocenters. The highest BCUT2D eigenvalue weighted by Crippen LogP contribution is 2.33. The van der Waals surface area contributed by atoms with Crippen LogP contribution in [0.2, 0.25) is 0 Å². The highest BCUT2D eigenvalue weighted by Gasteiger charge is 2.47. The van der Waals surface area contributed by atoms with Crippen LogP contribution in [0.3, 0.4) is 0 Å². The van der Waals surface area contributed by atoms with Gasteiger partial charge in [0, 0.05) is 0 Å². The summed E-state index contributed by atoms with van der Waals surface area (Å²) in [5.74, 6) is -1.82. The molecule has 0 heterocycles. The smallest absolute Gasteiger partial charge is 0.336 e. The zero-order chi connectivity index (χ0) is 20.5. The van der Waals surface area contributed by atoms with Crippen LogP contribution in [-0.2, 0) is 23.8 Å². The van der Waals surface area contributed by atoms with Crippen LogP contribution in [0.25, 0.3) is 0 Å². The maximum atomic E-state index is 12.0. The second-order valence-electron chi connectivity index (χ2n) is 6.10. The fourth-order valence-corrected chi connectivity index (χ4v) is 3.30. The van der Waals surface area contributed by atoms with Crippen molar-refractivity contribution in [1.29, 1.82) is 0 Å². The summed E-state index contributed by atoms with van der Waals surface area (Å²) in [5, 5.41) is 48.7. The fourth-order valence-electron chi connectivity index (χ4n) is 2.93. The van der Waals surface area contributed by atoms with Crippen molar-refractivity contribution in [2.24, 2.45) is 0 Å². The zero-order valence-electron chi connectivity index (χ0n) is 14.4. The molecule has 0 spiro atoms. The molecule has 0 radical (unpaired) electrons. The quantitative estimate of drug-likeness (QED) is 0.246. The van der Waals surface area contributed by atoms with E-state index in [4.69, 9.17) is 16.3 Å². The Labute approximate surface area is 159 Å². The lowest BCUT2D eigenvalue weighted by atomic mass is 9.87. The summed E-state index contributed by atoms with van der Waals surface area (Å²) in [7, 11) is 2.16. The molecule has 8 atom stereocenters. The molecule has 152 valence electrons. The average Bonchev–Trinajstić information content (AvgIpc) is 2.66. The Morgan fingerprint density at radius 2 is 1.33 bits per heavy atom. The van der Waals surface area contributed by atoms with Gasteiger partial charge in [-0.3, -0.25) is 0 Å². The van der Waals surface area contributed by atoms with Gasteiger partial charge in [0.1, 0.15) is 42.7 Å². The number of carbonyl (C=O) groups is 2. The first-order valence-electron chi connectivity index (χ1n) is 7.93. The molecule has 0 saturated carbocycles. The molecule has 2 aliphatic rings. The topological polar surface area (TPSA) is 163 Å². The largest absolute Gasteiger partial charge is 0.466 e. The number of hydrogen-bond donors (Lipinski definition) is 5. The fraction of sp³-hybridized carbons (Fsp3) is 0.625. The lowest BCUT2D eigenvalue weighted by Crippen LogP contribution is -2.56. The second-order valence-corrected chi connectivity index (χ2v) is 6.57. The summed E-state index contributed by atoms with van der Waals surface area (Å²) >= 11 is 6.18. The van der Waals surface area contributed by atoms with Gasteiger partial charge in [0.05, 0.1) is 30.7 Å². The number of ether oxygens (including phenoxy) is 3. The molecular formula is C16H21ClO10. The maximum absolute atomic E-state index is 12.0. The Hall–Kier alpha value is -1.53. The van der Waals surface area contributed by atoms with E-state index in [1.807, 2.05) is 0 Å². The number of aliphatic hydroxyl groups is 5. The van der Waals surface area contributed by atoms with E-state index in [0.29, 0.717) is 0 Å². The van der Waals surface area contributed by atoms with Gasteiger partial charge in [0.15, 0.2) is 0 Å². The van der Waals surface area contributed by atoms with Gasteiger partial charge in [0.2, 0.25) is 0 Å². The number of carbonyl (C=O) groups excluding carboxylic acids is 2. The number of aliphatic hydroxyl groups excluding tert-OH is 5. The van der Waals surface area contributed by atoms with Crippen molar-refractivity contribution >= 4 is 23.5 Å². The van der Waals surface area contributed by atoms with E-state index in [1.165, 1.54) is 0 Å². The first-order valence-corrected chi connectivity index (χ1v) is 8.37. The Bertz CT molecular complexity index is 647. The minimum absolute atomic E-state index is 0.184. The van der Waals surface area contributed by atoms with Crippen molar-refractivity contribution in [3.05, 3.63) is 23.3 Å². The summed E-state index contributed by atoms with van der Waals surface area (Å²) in [4.78, 5) is 23.8. The molecule has 0 aromatic rings. The van der Waals surface area contributed by atoms with Crippen LogP contribution >= 0.6 is 11.6 Å². The Kier molecular flexibility index (Phi) is 6.98. The summed E-state index contributed by atoms with van der Waals surface area (Å²) in [6.07, 6.45) is -9.25. The molecule has 10 nitrogen and oxygen atoms in total. The Morgan fingerprint density at radius 1 is 0.852 bits per heavy atom. The third kappa shape index (κ3) is 4.16. The SMILES string of the molecule is COC(=O)C1=C[C@@H](O)[C@@H](O)[C@@H](O[C@H]2C(C(=O)OC)=C[C@@H](O)[C@@H](O)[C@H]2O)[C@@H]1Cl. The van der Waals surface area contributed by atoms with Crippen LogP contribution in [0.1, 0.15) is 0 Å². The van der Waals surface area contributed by atoms with Gasteiger partial charge in [-0.1, -0.05) is 0 Å². The average molecular weight is 409 g/mol. The van der Waals surface area contributed by atoms with Gasteiger partial charge in [-0.2, -0.15) is 0 Å². The molecule has 0 bridgehead atoms. The number of esters is 2. The van der Waals surface area contributed by atoms with Gasteiger partial charge >= 0.3 is 11.9 Å². The molecule has 2 aliphatic carbocycles. The van der Waals surface area contributed by atoms with Crippen molar-refractivity contribution in [3.8, 4) is 0 Å².